The summed E-state index contributed by atoms with van der Waals surface area (Å²) < 4.78 is 6.39. The molecule has 0 radical (unpaired) electrons. The van der Waals surface area contributed by atoms with Gasteiger partial charge in [-0.25, -0.2) is 0 Å². The van der Waals surface area contributed by atoms with Gasteiger partial charge in [-0.05, 0) is 56.3 Å². The van der Waals surface area contributed by atoms with E-state index in [1.165, 1.54) is 0 Å². The minimum Gasteiger partial charge on any atom is -0.389 e. The van der Waals surface area contributed by atoms with Crippen molar-refractivity contribution in [2.24, 2.45) is 28.6 Å². The number of fused-ring (bicyclic) bond motifs is 1. The van der Waals surface area contributed by atoms with Crippen molar-refractivity contribution in [1.29, 1.82) is 0 Å². The van der Waals surface area contributed by atoms with Crippen LogP contribution in [0.15, 0.2) is 0 Å². The number of Topliss-reactive ketones (excluding diaryl/α,β-unsaturated/α-hetero) is 2. The summed E-state index contributed by atoms with van der Waals surface area (Å²) in [4.78, 5) is 24.5. The summed E-state index contributed by atoms with van der Waals surface area (Å²) >= 11 is 0. The first-order chi connectivity index (χ1) is 12.7. The first-order valence-electron chi connectivity index (χ1n) is 10.5. The number of ketones is 2. The zero-order valence-corrected chi connectivity index (χ0v) is 15.9. The topological polar surface area (TPSA) is 104 Å². The van der Waals surface area contributed by atoms with Gasteiger partial charge in [-0.2, -0.15) is 0 Å². The average Bonchev–Trinajstić information content (AvgIpc) is 3.07. The van der Waals surface area contributed by atoms with Gasteiger partial charge in [0.05, 0.1) is 16.6 Å². The summed E-state index contributed by atoms with van der Waals surface area (Å²) in [5.41, 5.74) is -2.70. The summed E-state index contributed by atoms with van der Waals surface area (Å²) in [6.45, 7) is 1.73. The quantitative estimate of drug-likeness (QED) is 0.670. The minimum atomic E-state index is -1.18. The van der Waals surface area contributed by atoms with Crippen LogP contribution in [0.5, 0.6) is 0 Å². The Morgan fingerprint density at radius 3 is 2.67 bits per heavy atom. The lowest BCUT2D eigenvalue weighted by atomic mass is 9.42. The third-order valence-electron chi connectivity index (χ3n) is 9.53. The molecule has 0 aromatic carbocycles. The van der Waals surface area contributed by atoms with Gasteiger partial charge < -0.3 is 20.1 Å². The van der Waals surface area contributed by atoms with Gasteiger partial charge in [-0.15, -0.1) is 0 Å². The van der Waals surface area contributed by atoms with Crippen LogP contribution in [0, 0.1) is 28.6 Å². The molecule has 5 fully saturated rings. The van der Waals surface area contributed by atoms with E-state index in [9.17, 15) is 24.9 Å². The van der Waals surface area contributed by atoms with E-state index in [4.69, 9.17) is 4.74 Å². The lowest BCUT2D eigenvalue weighted by molar-refractivity contribution is -0.214. The predicted octanol–water partition coefficient (Wildman–Crippen LogP) is 1.34. The van der Waals surface area contributed by atoms with Crippen LogP contribution in [-0.2, 0) is 14.3 Å². The van der Waals surface area contributed by atoms with E-state index in [0.717, 1.165) is 25.7 Å². The van der Waals surface area contributed by atoms with E-state index < -0.39 is 29.5 Å². The maximum Gasteiger partial charge on any atom is 0.164 e. The molecule has 6 heteroatoms. The Kier molecular flexibility index (Phi) is 3.65. The fourth-order valence-electron chi connectivity index (χ4n) is 8.45. The van der Waals surface area contributed by atoms with Gasteiger partial charge in [0, 0.05) is 24.7 Å². The van der Waals surface area contributed by atoms with Crippen LogP contribution in [0.4, 0.5) is 0 Å². The van der Waals surface area contributed by atoms with E-state index in [1.54, 1.807) is 0 Å². The standard InChI is InChI=1S/C21H30O6/c1-18-6-5-16-20-7-4-12(23)10-19(20,26)8-9-21(16,27-17(20)25)15(18)3-2-13(18)14(24)11-22/h13,15-17,22,25-26H,2-11H2,1H3/t13-,15-,16-,17-,18-,19-,20-,21-/m1/s1. The minimum absolute atomic E-state index is 0.0212. The van der Waals surface area contributed by atoms with Gasteiger partial charge in [0.2, 0.25) is 0 Å². The van der Waals surface area contributed by atoms with E-state index in [2.05, 4.69) is 6.92 Å². The molecule has 4 saturated carbocycles. The SMILES string of the molecule is C[C@]12CC[C@H]3[C@@]4(CC[C@@]5(O)CC(=O)CC[C@]35[C@H](O)O4)[C@@H]1CC[C@@H]2C(=O)CO. The van der Waals surface area contributed by atoms with Crippen molar-refractivity contribution in [2.75, 3.05) is 6.61 Å². The molecule has 6 nitrogen and oxygen atoms in total. The van der Waals surface area contributed by atoms with Crippen molar-refractivity contribution in [2.45, 2.75) is 82.2 Å². The number of aliphatic hydroxyl groups excluding tert-OH is 2. The molecule has 27 heavy (non-hydrogen) atoms. The average molecular weight is 378 g/mol. The summed E-state index contributed by atoms with van der Waals surface area (Å²) in [7, 11) is 0. The lowest BCUT2D eigenvalue weighted by Crippen LogP contribution is -2.67. The van der Waals surface area contributed by atoms with Gasteiger partial charge in [0.25, 0.3) is 0 Å². The molecule has 1 aliphatic heterocycles. The number of hydrogen-bond acceptors (Lipinski definition) is 6. The first-order valence-corrected chi connectivity index (χ1v) is 10.5. The zero-order chi connectivity index (χ0) is 19.2. The van der Waals surface area contributed by atoms with Crippen molar-refractivity contribution in [3.63, 3.8) is 0 Å². The highest BCUT2D eigenvalue weighted by molar-refractivity contribution is 5.83. The second-order valence-corrected chi connectivity index (χ2v) is 10.1. The van der Waals surface area contributed by atoms with E-state index >= 15 is 0 Å². The number of ether oxygens (including phenoxy) is 1. The maximum atomic E-state index is 12.4. The highest BCUT2D eigenvalue weighted by atomic mass is 16.6. The van der Waals surface area contributed by atoms with E-state index in [-0.39, 0.29) is 41.2 Å². The zero-order valence-electron chi connectivity index (χ0n) is 15.9. The molecular formula is C21H30O6. The molecule has 0 aromatic rings. The van der Waals surface area contributed by atoms with Crippen molar-refractivity contribution < 1.29 is 29.6 Å². The summed E-state index contributed by atoms with van der Waals surface area (Å²) in [6, 6.07) is 0. The molecule has 1 heterocycles. The molecule has 2 bridgehead atoms. The van der Waals surface area contributed by atoms with Crippen molar-refractivity contribution in [3.05, 3.63) is 0 Å². The highest BCUT2D eigenvalue weighted by Crippen LogP contribution is 2.75. The molecule has 4 aliphatic carbocycles. The second-order valence-electron chi connectivity index (χ2n) is 10.1. The molecular weight excluding hydrogens is 348 g/mol. The second kappa shape index (κ2) is 5.41. The predicted molar refractivity (Wildman–Crippen MR) is 94.4 cm³/mol. The molecule has 0 unspecified atom stereocenters. The lowest BCUT2D eigenvalue weighted by Gasteiger charge is -2.62. The van der Waals surface area contributed by atoms with Gasteiger partial charge in [-0.3, -0.25) is 9.59 Å². The largest absolute Gasteiger partial charge is 0.389 e. The Hall–Kier alpha value is -0.820. The van der Waals surface area contributed by atoms with Crippen LogP contribution in [0.25, 0.3) is 0 Å². The third kappa shape index (κ3) is 1.91. The van der Waals surface area contributed by atoms with Gasteiger partial charge >= 0.3 is 0 Å². The maximum absolute atomic E-state index is 12.4. The number of aliphatic hydroxyl groups is 3. The molecule has 5 rings (SSSR count). The van der Waals surface area contributed by atoms with Gasteiger partial charge in [-0.1, -0.05) is 6.92 Å². The number of hydrogen-bond donors (Lipinski definition) is 3. The normalized spacial score (nSPS) is 56.4. The summed E-state index contributed by atoms with van der Waals surface area (Å²) in [5, 5.41) is 32.0. The Morgan fingerprint density at radius 2 is 1.93 bits per heavy atom. The smallest absolute Gasteiger partial charge is 0.164 e. The van der Waals surface area contributed by atoms with Crippen LogP contribution in [0.3, 0.4) is 0 Å². The number of carbonyl (C=O) groups excluding carboxylic acids is 2. The highest BCUT2D eigenvalue weighted by Gasteiger charge is 2.79. The molecule has 0 aromatic heterocycles. The van der Waals surface area contributed by atoms with Crippen molar-refractivity contribution >= 4 is 11.6 Å². The molecule has 8 atom stereocenters. The van der Waals surface area contributed by atoms with Crippen LogP contribution in [-0.4, -0.2) is 51.0 Å². The van der Waals surface area contributed by atoms with Crippen molar-refractivity contribution in [1.82, 2.24) is 0 Å². The Morgan fingerprint density at radius 1 is 1.15 bits per heavy atom. The summed E-state index contributed by atoms with van der Waals surface area (Å²) in [5.74, 6) is -0.00856. The van der Waals surface area contributed by atoms with E-state index in [1.807, 2.05) is 0 Å². The molecule has 5 aliphatic rings. The van der Waals surface area contributed by atoms with Crippen LogP contribution < -0.4 is 0 Å². The number of carbonyl (C=O) groups is 2. The van der Waals surface area contributed by atoms with E-state index in [0.29, 0.717) is 25.7 Å². The van der Waals surface area contributed by atoms with Gasteiger partial charge in [0.1, 0.15) is 12.4 Å². The third-order valence-corrected chi connectivity index (χ3v) is 9.53. The Bertz CT molecular complexity index is 707. The van der Waals surface area contributed by atoms with Crippen molar-refractivity contribution in [3.8, 4) is 0 Å². The van der Waals surface area contributed by atoms with Crippen LogP contribution in [0.1, 0.15) is 64.7 Å². The Labute approximate surface area is 159 Å². The summed E-state index contributed by atoms with van der Waals surface area (Å²) in [6.07, 6.45) is 4.26. The molecule has 150 valence electrons. The number of rotatable bonds is 2. The molecule has 0 amide bonds. The monoisotopic (exact) mass is 378 g/mol. The fraction of sp³-hybridized carbons (Fsp3) is 0.905. The molecule has 1 saturated heterocycles. The first kappa shape index (κ1) is 18.2. The van der Waals surface area contributed by atoms with Gasteiger partial charge in [0.15, 0.2) is 12.1 Å². The molecule has 1 spiro atoms. The van der Waals surface area contributed by atoms with Crippen LogP contribution >= 0.6 is 0 Å². The molecule has 3 N–H and O–H groups in total. The Balaban J connectivity index is 1.58. The van der Waals surface area contributed by atoms with Crippen LogP contribution in [0.2, 0.25) is 0 Å². The fourth-order valence-corrected chi connectivity index (χ4v) is 8.45.